The fourth-order valence-corrected chi connectivity index (χ4v) is 3.81. The van der Waals surface area contributed by atoms with Crippen LogP contribution in [-0.4, -0.2) is 33.1 Å². The van der Waals surface area contributed by atoms with Gasteiger partial charge in [0.25, 0.3) is 0 Å². The molecule has 0 saturated carbocycles. The molecule has 0 amide bonds. The summed E-state index contributed by atoms with van der Waals surface area (Å²) in [7, 11) is 4.54. The molecule has 174 valence electrons. The van der Waals surface area contributed by atoms with E-state index in [0.717, 1.165) is 5.56 Å². The van der Waals surface area contributed by atoms with Crippen molar-refractivity contribution in [3.05, 3.63) is 82.1 Å². The second-order valence-electron chi connectivity index (χ2n) is 7.63. The molecular formula is C27H24O7. The average Bonchev–Trinajstić information content (AvgIpc) is 3.16. The largest absolute Gasteiger partial charge is 0.493 e. The Bertz CT molecular complexity index is 1320. The van der Waals surface area contributed by atoms with Gasteiger partial charge >= 0.3 is 5.97 Å². The van der Waals surface area contributed by atoms with Crippen molar-refractivity contribution in [3.8, 4) is 28.7 Å². The minimum Gasteiger partial charge on any atom is -0.493 e. The number of ketones is 1. The van der Waals surface area contributed by atoms with Crippen LogP contribution in [0.15, 0.2) is 54.3 Å². The summed E-state index contributed by atoms with van der Waals surface area (Å²) >= 11 is 0. The number of esters is 1. The number of carbonyl (C=O) groups is 2. The van der Waals surface area contributed by atoms with Crippen molar-refractivity contribution in [1.29, 1.82) is 0 Å². The maximum absolute atomic E-state index is 13.0. The molecule has 3 aromatic carbocycles. The molecule has 7 nitrogen and oxygen atoms in total. The van der Waals surface area contributed by atoms with E-state index in [1.54, 1.807) is 49.4 Å². The lowest BCUT2D eigenvalue weighted by Gasteiger charge is -2.14. The van der Waals surface area contributed by atoms with Gasteiger partial charge in [0.05, 0.1) is 32.5 Å². The normalized spacial score (nSPS) is 13.3. The zero-order valence-corrected chi connectivity index (χ0v) is 19.6. The van der Waals surface area contributed by atoms with E-state index in [-0.39, 0.29) is 11.5 Å². The summed E-state index contributed by atoms with van der Waals surface area (Å²) < 4.78 is 27.8. The Balaban J connectivity index is 1.67. The molecule has 34 heavy (non-hydrogen) atoms. The van der Waals surface area contributed by atoms with Gasteiger partial charge in [-0.15, -0.1) is 0 Å². The third-order valence-electron chi connectivity index (χ3n) is 5.63. The highest BCUT2D eigenvalue weighted by Crippen LogP contribution is 2.43. The first-order chi connectivity index (χ1) is 16.4. The average molecular weight is 460 g/mol. The van der Waals surface area contributed by atoms with Crippen molar-refractivity contribution in [2.24, 2.45) is 0 Å². The molecule has 0 radical (unpaired) electrons. The number of allylic oxidation sites excluding steroid dienone is 1. The zero-order chi connectivity index (χ0) is 24.4. The molecule has 0 aliphatic carbocycles. The Kier molecular flexibility index (Phi) is 6.27. The number of rotatable bonds is 6. The van der Waals surface area contributed by atoms with E-state index in [0.29, 0.717) is 51.0 Å². The van der Waals surface area contributed by atoms with Gasteiger partial charge in [-0.05, 0) is 55.8 Å². The molecule has 0 saturated heterocycles. The standard InChI is InChI=1S/C27H24O7/c1-15-8-6-7-9-18(15)27(29)34-20-13-11-19-23(28)22(33-24(19)16(20)2)14-17-10-12-21(30-3)26(32-5)25(17)31-4/h6-14H,1-5H3/b22-14-. The van der Waals surface area contributed by atoms with Crippen LogP contribution in [0.5, 0.6) is 28.7 Å². The van der Waals surface area contributed by atoms with E-state index in [1.165, 1.54) is 21.3 Å². The molecule has 1 aliphatic heterocycles. The number of benzene rings is 3. The first kappa shape index (κ1) is 22.9. The molecule has 0 aromatic heterocycles. The fourth-order valence-electron chi connectivity index (χ4n) is 3.81. The SMILES string of the molecule is COc1ccc(/C=C2\Oc3c(ccc(OC(=O)c4ccccc4C)c3C)C2=O)c(OC)c1OC. The monoisotopic (exact) mass is 460 g/mol. The van der Waals surface area contributed by atoms with Crippen LogP contribution in [0.3, 0.4) is 0 Å². The molecule has 1 aliphatic rings. The van der Waals surface area contributed by atoms with Gasteiger partial charge in [-0.2, -0.15) is 0 Å². The second-order valence-corrected chi connectivity index (χ2v) is 7.63. The van der Waals surface area contributed by atoms with Gasteiger partial charge in [0, 0.05) is 11.1 Å². The Morgan fingerprint density at radius 3 is 2.24 bits per heavy atom. The first-order valence-electron chi connectivity index (χ1n) is 10.5. The van der Waals surface area contributed by atoms with Crippen LogP contribution in [0.4, 0.5) is 0 Å². The maximum Gasteiger partial charge on any atom is 0.343 e. The molecule has 0 bridgehead atoms. The molecule has 0 unspecified atom stereocenters. The Hall–Kier alpha value is -4.26. The Morgan fingerprint density at radius 2 is 1.56 bits per heavy atom. The fraction of sp³-hybridized carbons (Fsp3) is 0.185. The van der Waals surface area contributed by atoms with Crippen molar-refractivity contribution < 1.29 is 33.3 Å². The first-order valence-corrected chi connectivity index (χ1v) is 10.5. The zero-order valence-electron chi connectivity index (χ0n) is 19.6. The Morgan fingerprint density at radius 1 is 0.853 bits per heavy atom. The minimum atomic E-state index is -0.476. The summed E-state index contributed by atoms with van der Waals surface area (Å²) in [5.74, 6) is 1.35. The molecule has 1 heterocycles. The van der Waals surface area contributed by atoms with E-state index in [4.69, 9.17) is 23.7 Å². The van der Waals surface area contributed by atoms with Gasteiger partial charge in [0.2, 0.25) is 11.5 Å². The molecule has 4 rings (SSSR count). The van der Waals surface area contributed by atoms with E-state index >= 15 is 0 Å². The smallest absolute Gasteiger partial charge is 0.343 e. The predicted molar refractivity (Wildman–Crippen MR) is 126 cm³/mol. The van der Waals surface area contributed by atoms with Crippen molar-refractivity contribution in [1.82, 2.24) is 0 Å². The summed E-state index contributed by atoms with van der Waals surface area (Å²) in [5.41, 5.74) is 2.81. The van der Waals surface area contributed by atoms with Crippen LogP contribution >= 0.6 is 0 Å². The van der Waals surface area contributed by atoms with Crippen molar-refractivity contribution >= 4 is 17.8 Å². The molecular weight excluding hydrogens is 436 g/mol. The van der Waals surface area contributed by atoms with Crippen molar-refractivity contribution in [2.75, 3.05) is 21.3 Å². The molecule has 3 aromatic rings. The van der Waals surface area contributed by atoms with Gasteiger partial charge < -0.3 is 23.7 Å². The van der Waals surface area contributed by atoms with E-state index in [1.807, 2.05) is 19.1 Å². The third-order valence-corrected chi connectivity index (χ3v) is 5.63. The summed E-state index contributed by atoms with van der Waals surface area (Å²) in [4.78, 5) is 25.7. The number of ether oxygens (including phenoxy) is 5. The number of carbonyl (C=O) groups excluding carboxylic acids is 2. The highest BCUT2D eigenvalue weighted by atomic mass is 16.5. The quantitative estimate of drug-likeness (QED) is 0.285. The van der Waals surface area contributed by atoms with Crippen molar-refractivity contribution in [2.45, 2.75) is 13.8 Å². The minimum absolute atomic E-state index is 0.117. The van der Waals surface area contributed by atoms with Gasteiger partial charge in [-0.3, -0.25) is 4.79 Å². The Labute approximate surface area is 197 Å². The highest BCUT2D eigenvalue weighted by molar-refractivity contribution is 6.15. The molecule has 0 spiro atoms. The third kappa shape index (κ3) is 3.96. The lowest BCUT2D eigenvalue weighted by molar-refractivity contribution is 0.0732. The van der Waals surface area contributed by atoms with E-state index < -0.39 is 5.97 Å². The number of hydrogen-bond acceptors (Lipinski definition) is 7. The van der Waals surface area contributed by atoms with Gasteiger partial charge in [0.1, 0.15) is 11.5 Å². The van der Waals surface area contributed by atoms with Crippen molar-refractivity contribution in [3.63, 3.8) is 0 Å². The number of methoxy groups -OCH3 is 3. The van der Waals surface area contributed by atoms with Gasteiger partial charge in [0.15, 0.2) is 17.3 Å². The highest BCUT2D eigenvalue weighted by Gasteiger charge is 2.31. The summed E-state index contributed by atoms with van der Waals surface area (Å²) in [6.45, 7) is 3.58. The maximum atomic E-state index is 13.0. The number of hydrogen-bond donors (Lipinski definition) is 0. The van der Waals surface area contributed by atoms with Crippen LogP contribution in [0, 0.1) is 13.8 Å². The van der Waals surface area contributed by atoms with Gasteiger partial charge in [-0.1, -0.05) is 18.2 Å². The molecule has 0 N–H and O–H groups in total. The van der Waals surface area contributed by atoms with Crippen LogP contribution in [-0.2, 0) is 0 Å². The van der Waals surface area contributed by atoms with E-state index in [9.17, 15) is 9.59 Å². The van der Waals surface area contributed by atoms with Crippen LogP contribution in [0.2, 0.25) is 0 Å². The van der Waals surface area contributed by atoms with Gasteiger partial charge in [-0.25, -0.2) is 4.79 Å². The summed E-state index contributed by atoms with van der Waals surface area (Å²) in [6, 6.07) is 13.8. The van der Waals surface area contributed by atoms with Crippen LogP contribution < -0.4 is 23.7 Å². The summed E-state index contributed by atoms with van der Waals surface area (Å²) in [6.07, 6.45) is 1.58. The molecule has 0 fully saturated rings. The predicted octanol–water partition coefficient (Wildman–Crippen LogP) is 5.16. The lowest BCUT2D eigenvalue weighted by atomic mass is 10.0. The number of fused-ring (bicyclic) bond motifs is 1. The molecule has 0 atom stereocenters. The number of Topliss-reactive ketones (excluding diaryl/α,β-unsaturated/α-hetero) is 1. The molecule has 7 heteroatoms. The van der Waals surface area contributed by atoms with Crippen LogP contribution in [0.25, 0.3) is 6.08 Å². The van der Waals surface area contributed by atoms with E-state index in [2.05, 4.69) is 0 Å². The second kappa shape index (κ2) is 9.31. The van der Waals surface area contributed by atoms with Crippen LogP contribution in [0.1, 0.15) is 37.4 Å². The lowest BCUT2D eigenvalue weighted by Crippen LogP contribution is -2.11. The number of aryl methyl sites for hydroxylation is 1. The summed E-state index contributed by atoms with van der Waals surface area (Å²) in [5, 5.41) is 0. The topological polar surface area (TPSA) is 80.3 Å².